The zero-order valence-corrected chi connectivity index (χ0v) is 13.9. The Morgan fingerprint density at radius 3 is 2.37 bits per heavy atom. The molecule has 0 bridgehead atoms. The number of non-ortho nitro benzene ring substituents is 1. The van der Waals surface area contributed by atoms with Crippen LogP contribution in [0, 0.1) is 10.1 Å². The SMILES string of the molecule is O=c1[nH]c2c(c(=O)[nH]1)C(c1ccc([N+](=O)[O-])cc1)c1c(nc(Cl)[nH]c1=O)O2. The second-order valence-corrected chi connectivity index (χ2v) is 5.97. The van der Waals surface area contributed by atoms with E-state index >= 15 is 0 Å². The molecule has 1 aliphatic heterocycles. The smallest absolute Gasteiger partial charge is 0.328 e. The van der Waals surface area contributed by atoms with E-state index in [0.29, 0.717) is 5.56 Å². The third-order valence-corrected chi connectivity index (χ3v) is 4.23. The van der Waals surface area contributed by atoms with Gasteiger partial charge in [-0.15, -0.1) is 0 Å². The lowest BCUT2D eigenvalue weighted by atomic mass is 9.85. The van der Waals surface area contributed by atoms with Crippen LogP contribution in [0.3, 0.4) is 0 Å². The van der Waals surface area contributed by atoms with Crippen LogP contribution in [0.25, 0.3) is 0 Å². The summed E-state index contributed by atoms with van der Waals surface area (Å²) in [4.78, 5) is 57.4. The van der Waals surface area contributed by atoms with Gasteiger partial charge in [0.1, 0.15) is 0 Å². The predicted octanol–water partition coefficient (Wildman–Crippen LogP) is 0.994. The van der Waals surface area contributed by atoms with Crippen molar-refractivity contribution in [1.82, 2.24) is 19.9 Å². The number of nitrogens with one attached hydrogen (secondary N) is 3. The van der Waals surface area contributed by atoms with Crippen LogP contribution < -0.4 is 21.5 Å². The van der Waals surface area contributed by atoms with E-state index in [1.807, 2.05) is 0 Å². The highest BCUT2D eigenvalue weighted by molar-refractivity contribution is 6.28. The van der Waals surface area contributed by atoms with E-state index < -0.39 is 27.6 Å². The first-order valence-corrected chi connectivity index (χ1v) is 7.81. The summed E-state index contributed by atoms with van der Waals surface area (Å²) >= 11 is 5.76. The highest BCUT2D eigenvalue weighted by Crippen LogP contribution is 2.42. The molecule has 0 radical (unpaired) electrons. The summed E-state index contributed by atoms with van der Waals surface area (Å²) in [5.41, 5.74) is -2.05. The fourth-order valence-corrected chi connectivity index (χ4v) is 3.11. The van der Waals surface area contributed by atoms with E-state index in [2.05, 4.69) is 19.9 Å². The second-order valence-electron chi connectivity index (χ2n) is 5.61. The molecule has 136 valence electrons. The number of H-pyrrole nitrogens is 3. The van der Waals surface area contributed by atoms with Crippen LogP contribution in [-0.2, 0) is 0 Å². The Labute approximate surface area is 152 Å². The van der Waals surface area contributed by atoms with Crippen LogP contribution in [0.15, 0.2) is 38.6 Å². The Balaban J connectivity index is 2.03. The van der Waals surface area contributed by atoms with Gasteiger partial charge in [0, 0.05) is 12.1 Å². The van der Waals surface area contributed by atoms with Crippen LogP contribution in [0.4, 0.5) is 5.69 Å². The molecule has 27 heavy (non-hydrogen) atoms. The van der Waals surface area contributed by atoms with Gasteiger partial charge in [0.15, 0.2) is 0 Å². The third-order valence-electron chi connectivity index (χ3n) is 4.05. The van der Waals surface area contributed by atoms with Gasteiger partial charge in [0.25, 0.3) is 16.8 Å². The Hall–Kier alpha value is -3.73. The minimum atomic E-state index is -0.987. The molecule has 0 aliphatic carbocycles. The first-order valence-electron chi connectivity index (χ1n) is 7.43. The minimum Gasteiger partial charge on any atom is -0.421 e. The quantitative estimate of drug-likeness (QED) is 0.261. The molecule has 0 saturated carbocycles. The lowest BCUT2D eigenvalue weighted by Gasteiger charge is -2.25. The molecule has 0 fully saturated rings. The average Bonchev–Trinajstić information content (AvgIpc) is 2.59. The molecule has 0 amide bonds. The summed E-state index contributed by atoms with van der Waals surface area (Å²) in [5.74, 6) is -1.35. The molecule has 3 aromatic rings. The first-order chi connectivity index (χ1) is 12.8. The molecular formula is C15H8ClN5O6. The molecule has 12 heteroatoms. The van der Waals surface area contributed by atoms with Crippen LogP contribution in [0.5, 0.6) is 11.8 Å². The number of nitro benzene ring substituents is 1. The van der Waals surface area contributed by atoms with Gasteiger partial charge in [0.2, 0.25) is 17.0 Å². The summed E-state index contributed by atoms with van der Waals surface area (Å²) in [5, 5.41) is 10.6. The number of nitro groups is 1. The van der Waals surface area contributed by atoms with Gasteiger partial charge in [0.05, 0.1) is 22.0 Å². The molecule has 2 aromatic heterocycles. The molecule has 1 aliphatic rings. The minimum absolute atomic E-state index is 0.0155. The van der Waals surface area contributed by atoms with E-state index in [9.17, 15) is 24.5 Å². The van der Waals surface area contributed by atoms with Crippen molar-refractivity contribution in [2.24, 2.45) is 0 Å². The maximum absolute atomic E-state index is 12.5. The third kappa shape index (κ3) is 2.69. The zero-order valence-electron chi connectivity index (χ0n) is 13.1. The van der Waals surface area contributed by atoms with Crippen molar-refractivity contribution in [2.75, 3.05) is 0 Å². The van der Waals surface area contributed by atoms with Crippen molar-refractivity contribution in [3.8, 4) is 11.8 Å². The lowest BCUT2D eigenvalue weighted by molar-refractivity contribution is -0.384. The fourth-order valence-electron chi connectivity index (χ4n) is 2.95. The van der Waals surface area contributed by atoms with Gasteiger partial charge in [-0.1, -0.05) is 12.1 Å². The number of benzene rings is 1. The van der Waals surface area contributed by atoms with Crippen LogP contribution in [-0.4, -0.2) is 24.9 Å². The van der Waals surface area contributed by atoms with Crippen LogP contribution in [0.1, 0.15) is 22.6 Å². The van der Waals surface area contributed by atoms with Gasteiger partial charge < -0.3 is 4.74 Å². The summed E-state index contributed by atoms with van der Waals surface area (Å²) < 4.78 is 5.42. The first kappa shape index (κ1) is 16.7. The Morgan fingerprint density at radius 1 is 1.04 bits per heavy atom. The number of ether oxygens (including phenoxy) is 1. The summed E-state index contributed by atoms with van der Waals surface area (Å²) in [6.07, 6.45) is 0. The molecule has 1 aromatic carbocycles. The second kappa shape index (κ2) is 5.92. The van der Waals surface area contributed by atoms with Crippen LogP contribution in [0.2, 0.25) is 5.28 Å². The van der Waals surface area contributed by atoms with Crippen molar-refractivity contribution in [3.05, 3.63) is 87.5 Å². The molecule has 1 atom stereocenters. The van der Waals surface area contributed by atoms with E-state index in [1.165, 1.54) is 24.3 Å². The maximum atomic E-state index is 12.5. The lowest BCUT2D eigenvalue weighted by Crippen LogP contribution is -2.33. The number of aromatic amines is 3. The fraction of sp³-hybridized carbons (Fsp3) is 0.0667. The van der Waals surface area contributed by atoms with E-state index in [4.69, 9.17) is 16.3 Å². The molecule has 1 unspecified atom stereocenters. The van der Waals surface area contributed by atoms with Crippen molar-refractivity contribution in [1.29, 1.82) is 0 Å². The van der Waals surface area contributed by atoms with E-state index in [-0.39, 0.29) is 33.9 Å². The highest BCUT2D eigenvalue weighted by Gasteiger charge is 2.36. The average molecular weight is 390 g/mol. The van der Waals surface area contributed by atoms with Gasteiger partial charge >= 0.3 is 5.69 Å². The van der Waals surface area contributed by atoms with E-state index in [1.54, 1.807) is 0 Å². The predicted molar refractivity (Wildman–Crippen MR) is 91.7 cm³/mol. The van der Waals surface area contributed by atoms with Crippen LogP contribution >= 0.6 is 11.6 Å². The van der Waals surface area contributed by atoms with Gasteiger partial charge in [-0.3, -0.25) is 34.7 Å². The standard InChI is InChI=1S/C15H8ClN5O6/c16-14-17-10(22)8-7(5-1-3-6(4-2-5)21(25)26)9-11(23)18-15(24)20-13(9)27-12(8)19-14/h1-4,7H,(H,17,19,22)(H2,18,20,23,24). The maximum Gasteiger partial charge on any atom is 0.328 e. The number of hydrogen-bond donors (Lipinski definition) is 3. The Morgan fingerprint density at radius 2 is 1.70 bits per heavy atom. The van der Waals surface area contributed by atoms with Gasteiger partial charge in [-0.05, 0) is 17.2 Å². The number of rotatable bonds is 2. The normalized spacial score (nSPS) is 14.8. The molecule has 4 rings (SSSR count). The van der Waals surface area contributed by atoms with Crippen molar-refractivity contribution < 1.29 is 9.66 Å². The summed E-state index contributed by atoms with van der Waals surface area (Å²) in [7, 11) is 0. The van der Waals surface area contributed by atoms with Crippen molar-refractivity contribution >= 4 is 17.3 Å². The molecule has 3 heterocycles. The number of fused-ring (bicyclic) bond motifs is 2. The number of aromatic nitrogens is 4. The largest absolute Gasteiger partial charge is 0.421 e. The monoisotopic (exact) mass is 389 g/mol. The Kier molecular flexibility index (Phi) is 3.66. The van der Waals surface area contributed by atoms with Gasteiger partial charge in [-0.2, -0.15) is 4.98 Å². The topological polar surface area (TPSA) is 164 Å². The zero-order chi connectivity index (χ0) is 19.3. The molecule has 11 nitrogen and oxygen atoms in total. The number of hydrogen-bond acceptors (Lipinski definition) is 7. The van der Waals surface area contributed by atoms with Crippen molar-refractivity contribution in [3.63, 3.8) is 0 Å². The molecular weight excluding hydrogens is 382 g/mol. The van der Waals surface area contributed by atoms with Gasteiger partial charge in [-0.25, -0.2) is 4.79 Å². The molecule has 3 N–H and O–H groups in total. The van der Waals surface area contributed by atoms with E-state index in [0.717, 1.165) is 0 Å². The number of nitrogens with zero attached hydrogens (tertiary/aromatic N) is 2. The summed E-state index contributed by atoms with van der Waals surface area (Å²) in [6, 6.07) is 5.28. The highest BCUT2D eigenvalue weighted by atomic mass is 35.5. The summed E-state index contributed by atoms with van der Waals surface area (Å²) in [6.45, 7) is 0. The molecule has 0 spiro atoms. The van der Waals surface area contributed by atoms with Crippen molar-refractivity contribution in [2.45, 2.75) is 5.92 Å². The number of halogens is 1. The Bertz CT molecular complexity index is 1260. The molecule has 0 saturated heterocycles.